The minimum atomic E-state index is -0.758. The van der Waals surface area contributed by atoms with Crippen LogP contribution in [0.1, 0.15) is 310 Å². The van der Waals surface area contributed by atoms with Crippen molar-refractivity contribution in [3.8, 4) is 0 Å². The van der Waals surface area contributed by atoms with E-state index in [4.69, 9.17) is 14.2 Å². The zero-order valence-corrected chi connectivity index (χ0v) is 40.8. The van der Waals surface area contributed by atoms with Gasteiger partial charge in [-0.1, -0.05) is 271 Å². The van der Waals surface area contributed by atoms with Crippen LogP contribution in [0, 0.1) is 0 Å². The second kappa shape index (κ2) is 50.1. The van der Waals surface area contributed by atoms with Crippen LogP contribution in [-0.4, -0.2) is 37.2 Å². The van der Waals surface area contributed by atoms with Gasteiger partial charge in [0.05, 0.1) is 0 Å². The fourth-order valence-electron chi connectivity index (χ4n) is 8.27. The smallest absolute Gasteiger partial charge is 0.306 e. The van der Waals surface area contributed by atoms with Gasteiger partial charge in [0.15, 0.2) is 6.10 Å². The molecule has 0 saturated heterocycles. The highest BCUT2D eigenvalue weighted by molar-refractivity contribution is 5.71. The first-order chi connectivity index (χ1) is 29.5. The van der Waals surface area contributed by atoms with E-state index < -0.39 is 6.10 Å². The van der Waals surface area contributed by atoms with Crippen molar-refractivity contribution in [2.75, 3.05) is 13.2 Å². The highest BCUT2D eigenvalue weighted by Gasteiger charge is 2.19. The monoisotopic (exact) mass is 849 g/mol. The van der Waals surface area contributed by atoms with Crippen LogP contribution in [0.2, 0.25) is 0 Å². The van der Waals surface area contributed by atoms with Crippen LogP contribution >= 0.6 is 0 Å². The largest absolute Gasteiger partial charge is 0.462 e. The van der Waals surface area contributed by atoms with Crippen LogP contribution in [0.15, 0.2) is 0 Å². The summed E-state index contributed by atoms with van der Waals surface area (Å²) < 4.78 is 16.7. The second-order valence-corrected chi connectivity index (χ2v) is 18.5. The molecule has 0 heterocycles. The van der Waals surface area contributed by atoms with E-state index in [1.807, 2.05) is 0 Å². The molecule has 6 heteroatoms. The Hall–Kier alpha value is -1.59. The van der Waals surface area contributed by atoms with Gasteiger partial charge in [-0.2, -0.15) is 0 Å². The van der Waals surface area contributed by atoms with Crippen molar-refractivity contribution in [2.24, 2.45) is 0 Å². The first-order valence-electron chi connectivity index (χ1n) is 27.0. The fraction of sp³-hybridized carbons (Fsp3) is 0.944. The molecule has 0 N–H and O–H groups in total. The lowest BCUT2D eigenvalue weighted by Gasteiger charge is -2.18. The second-order valence-electron chi connectivity index (χ2n) is 18.5. The lowest BCUT2D eigenvalue weighted by molar-refractivity contribution is -0.167. The van der Waals surface area contributed by atoms with Crippen LogP contribution in [-0.2, 0) is 28.6 Å². The molecular formula is C54H104O6. The summed E-state index contributed by atoms with van der Waals surface area (Å²) in [4.78, 5) is 37.7. The highest BCUT2D eigenvalue weighted by atomic mass is 16.6. The maximum Gasteiger partial charge on any atom is 0.306 e. The Balaban J connectivity index is 3.99. The summed E-state index contributed by atoms with van der Waals surface area (Å²) in [6.07, 6.45) is 54.1. The summed E-state index contributed by atoms with van der Waals surface area (Å²) in [6.45, 7) is 6.63. The van der Waals surface area contributed by atoms with E-state index >= 15 is 0 Å². The molecule has 0 aliphatic heterocycles. The van der Waals surface area contributed by atoms with Crippen molar-refractivity contribution in [1.82, 2.24) is 0 Å². The number of carbonyl (C=O) groups excluding carboxylic acids is 3. The molecule has 1 atom stereocenters. The van der Waals surface area contributed by atoms with E-state index in [9.17, 15) is 14.4 Å². The first kappa shape index (κ1) is 58.4. The van der Waals surface area contributed by atoms with E-state index in [0.717, 1.165) is 57.8 Å². The molecular weight excluding hydrogens is 745 g/mol. The number of unbranched alkanes of at least 4 members (excludes halogenated alkanes) is 39. The molecule has 0 aromatic rings. The third kappa shape index (κ3) is 47.5. The van der Waals surface area contributed by atoms with Gasteiger partial charge < -0.3 is 14.2 Å². The predicted octanol–water partition coefficient (Wildman–Crippen LogP) is 17.6. The SMILES string of the molecule is CCCCCCCCCCCCCCCCCCCCCCCCCCCC(=O)OCC(COC(=O)CCCCCCCCCC)OC(=O)CCCCCCCCCCC. The Morgan fingerprint density at radius 3 is 0.667 bits per heavy atom. The van der Waals surface area contributed by atoms with Gasteiger partial charge in [0, 0.05) is 19.3 Å². The van der Waals surface area contributed by atoms with E-state index in [-0.39, 0.29) is 31.1 Å². The Labute approximate surface area is 374 Å². The fourth-order valence-corrected chi connectivity index (χ4v) is 8.27. The number of esters is 3. The quantitative estimate of drug-likeness (QED) is 0.0345. The zero-order valence-electron chi connectivity index (χ0n) is 40.8. The third-order valence-electron chi connectivity index (χ3n) is 12.4. The predicted molar refractivity (Wildman–Crippen MR) is 257 cm³/mol. The lowest BCUT2D eigenvalue weighted by atomic mass is 10.0. The van der Waals surface area contributed by atoms with Gasteiger partial charge in [-0.15, -0.1) is 0 Å². The van der Waals surface area contributed by atoms with Crippen molar-refractivity contribution >= 4 is 17.9 Å². The van der Waals surface area contributed by atoms with Crippen molar-refractivity contribution in [3.05, 3.63) is 0 Å². The highest BCUT2D eigenvalue weighted by Crippen LogP contribution is 2.17. The van der Waals surface area contributed by atoms with E-state index in [1.54, 1.807) is 0 Å². The molecule has 6 nitrogen and oxygen atoms in total. The number of hydrogen-bond donors (Lipinski definition) is 0. The molecule has 60 heavy (non-hydrogen) atoms. The molecule has 0 saturated carbocycles. The molecule has 0 bridgehead atoms. The van der Waals surface area contributed by atoms with Crippen LogP contribution in [0.3, 0.4) is 0 Å². The number of ether oxygens (including phenoxy) is 3. The molecule has 0 aliphatic carbocycles. The van der Waals surface area contributed by atoms with Gasteiger partial charge in [0.1, 0.15) is 13.2 Å². The van der Waals surface area contributed by atoms with Crippen LogP contribution < -0.4 is 0 Å². The van der Waals surface area contributed by atoms with E-state index in [2.05, 4.69) is 20.8 Å². The van der Waals surface area contributed by atoms with Crippen molar-refractivity contribution < 1.29 is 28.6 Å². The number of rotatable bonds is 50. The minimum Gasteiger partial charge on any atom is -0.462 e. The average molecular weight is 849 g/mol. The summed E-state index contributed by atoms with van der Waals surface area (Å²) in [5.41, 5.74) is 0. The van der Waals surface area contributed by atoms with E-state index in [1.165, 1.54) is 212 Å². The molecule has 0 amide bonds. The Kier molecular flexibility index (Phi) is 48.7. The molecule has 0 spiro atoms. The summed E-state index contributed by atoms with van der Waals surface area (Å²) in [5.74, 6) is -0.852. The summed E-state index contributed by atoms with van der Waals surface area (Å²) >= 11 is 0. The molecule has 0 aromatic carbocycles. The standard InChI is InChI=1S/C54H104O6/c1-4-7-10-13-16-19-20-21-22-23-24-25-26-27-28-29-30-31-32-33-34-36-38-41-44-47-53(56)59-50-51(49-58-52(55)46-43-40-37-18-15-12-9-6-3)60-54(57)48-45-42-39-35-17-14-11-8-5-2/h51H,4-50H2,1-3H3. The molecule has 356 valence electrons. The van der Waals surface area contributed by atoms with Crippen molar-refractivity contribution in [2.45, 2.75) is 316 Å². The molecule has 1 unspecified atom stereocenters. The van der Waals surface area contributed by atoms with Gasteiger partial charge in [-0.3, -0.25) is 14.4 Å². The Morgan fingerprint density at radius 2 is 0.450 bits per heavy atom. The van der Waals surface area contributed by atoms with Gasteiger partial charge in [-0.05, 0) is 19.3 Å². The molecule has 0 aromatic heterocycles. The van der Waals surface area contributed by atoms with Gasteiger partial charge in [-0.25, -0.2) is 0 Å². The maximum atomic E-state index is 12.7. The van der Waals surface area contributed by atoms with Crippen molar-refractivity contribution in [1.29, 1.82) is 0 Å². The Morgan fingerprint density at radius 1 is 0.267 bits per heavy atom. The zero-order chi connectivity index (χ0) is 43.7. The normalized spacial score (nSPS) is 11.8. The summed E-state index contributed by atoms with van der Waals surface area (Å²) in [5, 5.41) is 0. The molecule has 0 aliphatic rings. The molecule has 0 radical (unpaired) electrons. The minimum absolute atomic E-state index is 0.0627. The lowest BCUT2D eigenvalue weighted by Crippen LogP contribution is -2.30. The summed E-state index contributed by atoms with van der Waals surface area (Å²) in [7, 11) is 0. The number of hydrogen-bond acceptors (Lipinski definition) is 6. The van der Waals surface area contributed by atoms with Gasteiger partial charge in [0.25, 0.3) is 0 Å². The molecule has 0 fully saturated rings. The first-order valence-corrected chi connectivity index (χ1v) is 27.0. The topological polar surface area (TPSA) is 78.9 Å². The van der Waals surface area contributed by atoms with Crippen LogP contribution in [0.25, 0.3) is 0 Å². The van der Waals surface area contributed by atoms with Gasteiger partial charge >= 0.3 is 17.9 Å². The van der Waals surface area contributed by atoms with Crippen LogP contribution in [0.5, 0.6) is 0 Å². The van der Waals surface area contributed by atoms with E-state index in [0.29, 0.717) is 19.3 Å². The van der Waals surface area contributed by atoms with Gasteiger partial charge in [0.2, 0.25) is 0 Å². The van der Waals surface area contributed by atoms with Crippen LogP contribution in [0.4, 0.5) is 0 Å². The number of carbonyl (C=O) groups is 3. The Bertz CT molecular complexity index is 889. The molecule has 0 rings (SSSR count). The third-order valence-corrected chi connectivity index (χ3v) is 12.4. The van der Waals surface area contributed by atoms with Crippen molar-refractivity contribution in [3.63, 3.8) is 0 Å². The maximum absolute atomic E-state index is 12.7. The summed E-state index contributed by atoms with van der Waals surface area (Å²) in [6, 6.07) is 0. The average Bonchev–Trinajstić information content (AvgIpc) is 3.24.